The first kappa shape index (κ1) is 13.5. The van der Waals surface area contributed by atoms with Gasteiger partial charge in [0.25, 0.3) is 0 Å². The molecule has 0 aliphatic heterocycles. The summed E-state index contributed by atoms with van der Waals surface area (Å²) in [6.45, 7) is 4.51. The molecule has 1 saturated carbocycles. The van der Waals surface area contributed by atoms with Gasteiger partial charge in [-0.15, -0.1) is 0 Å². The second kappa shape index (κ2) is 5.64. The van der Waals surface area contributed by atoms with Crippen LogP contribution in [-0.2, 0) is 9.53 Å². The monoisotopic (exact) mass is 228 g/mol. The molecule has 1 aliphatic carbocycles. The predicted octanol–water partition coefficient (Wildman–Crippen LogP) is 1.05. The van der Waals surface area contributed by atoms with E-state index in [1.165, 1.54) is 6.42 Å². The topological polar surface area (TPSA) is 64.3 Å². The van der Waals surface area contributed by atoms with Crippen LogP contribution in [0, 0.1) is 5.92 Å². The number of likely N-dealkylation sites (N-methyl/N-ethyl adjacent to an activating group) is 1. The first-order valence-electron chi connectivity index (χ1n) is 6.12. The number of amides is 1. The molecular formula is C12H24N2O2. The average molecular weight is 228 g/mol. The van der Waals surface area contributed by atoms with Crippen LogP contribution in [0.4, 0.5) is 0 Å². The Labute approximate surface area is 97.9 Å². The number of nitrogens with two attached hydrogens (primary N) is 1. The van der Waals surface area contributed by atoms with Gasteiger partial charge in [-0.1, -0.05) is 19.8 Å². The van der Waals surface area contributed by atoms with Crippen LogP contribution in [0.5, 0.6) is 0 Å². The van der Waals surface area contributed by atoms with Crippen molar-refractivity contribution < 1.29 is 9.53 Å². The Morgan fingerprint density at radius 2 is 2.38 bits per heavy atom. The van der Waals surface area contributed by atoms with Crippen LogP contribution in [0.2, 0.25) is 0 Å². The minimum Gasteiger partial charge on any atom is -0.361 e. The van der Waals surface area contributed by atoms with Gasteiger partial charge in [0.15, 0.2) is 0 Å². The van der Waals surface area contributed by atoms with E-state index >= 15 is 0 Å². The number of ether oxygens (including phenoxy) is 1. The summed E-state index contributed by atoms with van der Waals surface area (Å²) in [6.07, 6.45) is 3.89. The summed E-state index contributed by atoms with van der Waals surface area (Å²) in [7, 11) is 1.63. The van der Waals surface area contributed by atoms with Crippen molar-refractivity contribution in [2.24, 2.45) is 11.7 Å². The van der Waals surface area contributed by atoms with Crippen LogP contribution < -0.4 is 11.1 Å². The molecule has 0 aromatic rings. The highest BCUT2D eigenvalue weighted by molar-refractivity contribution is 5.80. The molecule has 94 valence electrons. The molecule has 3 unspecified atom stereocenters. The molecule has 0 spiro atoms. The smallest absolute Gasteiger partial charge is 0.248 e. The lowest BCUT2D eigenvalue weighted by atomic mass is 9.78. The summed E-state index contributed by atoms with van der Waals surface area (Å²) in [5, 5.41) is 2.60. The summed E-state index contributed by atoms with van der Waals surface area (Å²) >= 11 is 0. The van der Waals surface area contributed by atoms with Crippen LogP contribution >= 0.6 is 0 Å². The minimum atomic E-state index is -0.418. The Bertz CT molecular complexity index is 245. The number of carbonyl (C=O) groups excluding carboxylic acids is 1. The first-order valence-corrected chi connectivity index (χ1v) is 6.12. The molecule has 16 heavy (non-hydrogen) atoms. The van der Waals surface area contributed by atoms with E-state index in [0.717, 1.165) is 19.3 Å². The largest absolute Gasteiger partial charge is 0.361 e. The van der Waals surface area contributed by atoms with Crippen molar-refractivity contribution in [1.29, 1.82) is 0 Å². The van der Waals surface area contributed by atoms with Crippen molar-refractivity contribution >= 4 is 5.91 Å². The molecule has 4 heteroatoms. The van der Waals surface area contributed by atoms with Crippen LogP contribution in [0.1, 0.15) is 39.5 Å². The zero-order chi connectivity index (χ0) is 12.2. The Morgan fingerprint density at radius 1 is 1.69 bits per heavy atom. The van der Waals surface area contributed by atoms with Crippen molar-refractivity contribution in [3.63, 3.8) is 0 Å². The summed E-state index contributed by atoms with van der Waals surface area (Å²) in [5.74, 6) is 0.556. The van der Waals surface area contributed by atoms with Crippen molar-refractivity contribution in [3.05, 3.63) is 0 Å². The zero-order valence-corrected chi connectivity index (χ0v) is 10.6. The van der Waals surface area contributed by atoms with Crippen LogP contribution in [0.3, 0.4) is 0 Å². The molecule has 1 amide bonds. The van der Waals surface area contributed by atoms with Gasteiger partial charge in [0.05, 0.1) is 5.60 Å². The standard InChI is InChI=1S/C12H24N2O2/c1-9-5-4-6-12(7-9,8-13)16-10(2)11(15)14-3/h9-10H,4-8,13H2,1-3H3,(H,14,15). The molecule has 0 heterocycles. The lowest BCUT2D eigenvalue weighted by molar-refractivity contribution is -0.150. The highest BCUT2D eigenvalue weighted by Gasteiger charge is 2.37. The highest BCUT2D eigenvalue weighted by atomic mass is 16.5. The third kappa shape index (κ3) is 3.19. The van der Waals surface area contributed by atoms with E-state index < -0.39 is 6.10 Å². The molecule has 0 aromatic heterocycles. The molecule has 3 N–H and O–H groups in total. The summed E-state index contributed by atoms with van der Waals surface area (Å²) in [5.41, 5.74) is 5.55. The maximum Gasteiger partial charge on any atom is 0.248 e. The average Bonchev–Trinajstić information content (AvgIpc) is 2.27. The van der Waals surface area contributed by atoms with E-state index in [1.54, 1.807) is 14.0 Å². The van der Waals surface area contributed by atoms with E-state index in [1.807, 2.05) is 0 Å². The number of nitrogens with one attached hydrogen (secondary N) is 1. The molecule has 0 bridgehead atoms. The number of rotatable bonds is 4. The zero-order valence-electron chi connectivity index (χ0n) is 10.6. The van der Waals surface area contributed by atoms with Crippen molar-refractivity contribution in [3.8, 4) is 0 Å². The Balaban J connectivity index is 2.62. The molecule has 3 atom stereocenters. The molecule has 4 nitrogen and oxygen atoms in total. The molecule has 0 saturated heterocycles. The molecule has 0 aromatic carbocycles. The van der Waals surface area contributed by atoms with Crippen LogP contribution in [0.25, 0.3) is 0 Å². The third-order valence-corrected chi connectivity index (χ3v) is 3.46. The Kier molecular flexibility index (Phi) is 4.74. The van der Waals surface area contributed by atoms with Crippen molar-refractivity contribution in [2.75, 3.05) is 13.6 Å². The molecule has 1 fully saturated rings. The summed E-state index contributed by atoms with van der Waals surface area (Å²) < 4.78 is 5.91. The van der Waals surface area contributed by atoms with E-state index in [2.05, 4.69) is 12.2 Å². The second-order valence-electron chi connectivity index (χ2n) is 4.96. The van der Waals surface area contributed by atoms with Gasteiger partial charge in [0, 0.05) is 13.6 Å². The second-order valence-corrected chi connectivity index (χ2v) is 4.96. The van der Waals surface area contributed by atoms with Crippen molar-refractivity contribution in [2.45, 2.75) is 51.2 Å². The maximum absolute atomic E-state index is 11.4. The van der Waals surface area contributed by atoms with E-state index in [-0.39, 0.29) is 11.5 Å². The number of hydrogen-bond acceptors (Lipinski definition) is 3. The SMILES string of the molecule is CNC(=O)C(C)OC1(CN)CCCC(C)C1. The Hall–Kier alpha value is -0.610. The van der Waals surface area contributed by atoms with Gasteiger partial charge >= 0.3 is 0 Å². The first-order chi connectivity index (χ1) is 7.53. The number of hydrogen-bond donors (Lipinski definition) is 2. The normalized spacial score (nSPS) is 32.1. The van der Waals surface area contributed by atoms with Crippen molar-refractivity contribution in [1.82, 2.24) is 5.32 Å². The summed E-state index contributed by atoms with van der Waals surface area (Å²) in [6, 6.07) is 0. The van der Waals surface area contributed by atoms with Gasteiger partial charge < -0.3 is 15.8 Å². The lowest BCUT2D eigenvalue weighted by Crippen LogP contribution is -2.49. The van der Waals surface area contributed by atoms with Gasteiger partial charge in [-0.05, 0) is 25.7 Å². The van der Waals surface area contributed by atoms with Crippen LogP contribution in [-0.4, -0.2) is 31.2 Å². The van der Waals surface area contributed by atoms with Gasteiger partial charge in [-0.25, -0.2) is 0 Å². The quantitative estimate of drug-likeness (QED) is 0.756. The molecule has 1 aliphatic rings. The maximum atomic E-state index is 11.4. The van der Waals surface area contributed by atoms with Gasteiger partial charge in [-0.2, -0.15) is 0 Å². The number of carbonyl (C=O) groups is 1. The van der Waals surface area contributed by atoms with Gasteiger partial charge in [0.1, 0.15) is 6.10 Å². The minimum absolute atomic E-state index is 0.0777. The molecular weight excluding hydrogens is 204 g/mol. The third-order valence-electron chi connectivity index (χ3n) is 3.46. The van der Waals surface area contributed by atoms with E-state index in [9.17, 15) is 4.79 Å². The fourth-order valence-corrected chi connectivity index (χ4v) is 2.58. The lowest BCUT2D eigenvalue weighted by Gasteiger charge is -2.40. The highest BCUT2D eigenvalue weighted by Crippen LogP contribution is 2.35. The van der Waals surface area contributed by atoms with Gasteiger partial charge in [-0.3, -0.25) is 4.79 Å². The molecule has 1 rings (SSSR count). The summed E-state index contributed by atoms with van der Waals surface area (Å²) in [4.78, 5) is 11.4. The predicted molar refractivity (Wildman–Crippen MR) is 64.0 cm³/mol. The fourth-order valence-electron chi connectivity index (χ4n) is 2.58. The van der Waals surface area contributed by atoms with E-state index in [0.29, 0.717) is 12.5 Å². The fraction of sp³-hybridized carbons (Fsp3) is 0.917. The van der Waals surface area contributed by atoms with Gasteiger partial charge in [0.2, 0.25) is 5.91 Å². The Morgan fingerprint density at radius 3 is 2.88 bits per heavy atom. The van der Waals surface area contributed by atoms with E-state index in [4.69, 9.17) is 10.5 Å². The molecule has 0 radical (unpaired) electrons. The van der Waals surface area contributed by atoms with Crippen LogP contribution in [0.15, 0.2) is 0 Å².